The standard InChI is InChI=1S/C18H20N2O3/c19-18(21)15-4-1-3-13(9-15)11-20-12-14-5-6-16-17(10-14)23-8-2-7-22-16/h1,3-6,9-10,20H,2,7-8,11-12H2,(H2,19,21). The van der Waals surface area contributed by atoms with Gasteiger partial charge in [-0.3, -0.25) is 4.79 Å². The van der Waals surface area contributed by atoms with Crippen molar-refractivity contribution < 1.29 is 14.3 Å². The minimum Gasteiger partial charge on any atom is -0.490 e. The molecule has 2 aromatic rings. The van der Waals surface area contributed by atoms with E-state index >= 15 is 0 Å². The lowest BCUT2D eigenvalue weighted by Crippen LogP contribution is -2.15. The molecular weight excluding hydrogens is 292 g/mol. The number of amides is 1. The molecule has 1 amide bonds. The van der Waals surface area contributed by atoms with Crippen molar-refractivity contribution in [2.45, 2.75) is 19.5 Å². The third-order valence-corrected chi connectivity index (χ3v) is 3.68. The van der Waals surface area contributed by atoms with Gasteiger partial charge in [0.15, 0.2) is 11.5 Å². The van der Waals surface area contributed by atoms with Gasteiger partial charge >= 0.3 is 0 Å². The number of benzene rings is 2. The predicted molar refractivity (Wildman–Crippen MR) is 87.6 cm³/mol. The third-order valence-electron chi connectivity index (χ3n) is 3.68. The molecule has 0 saturated carbocycles. The van der Waals surface area contributed by atoms with Crippen LogP contribution in [0.15, 0.2) is 42.5 Å². The van der Waals surface area contributed by atoms with Crippen molar-refractivity contribution in [2.24, 2.45) is 5.73 Å². The summed E-state index contributed by atoms with van der Waals surface area (Å²) in [6.07, 6.45) is 0.901. The van der Waals surface area contributed by atoms with Crippen molar-refractivity contribution in [1.82, 2.24) is 5.32 Å². The van der Waals surface area contributed by atoms with Crippen LogP contribution in [0.5, 0.6) is 11.5 Å². The molecule has 0 spiro atoms. The minimum atomic E-state index is -0.408. The number of primary amides is 1. The van der Waals surface area contributed by atoms with E-state index in [2.05, 4.69) is 5.32 Å². The first kappa shape index (κ1) is 15.4. The smallest absolute Gasteiger partial charge is 0.248 e. The molecule has 120 valence electrons. The maximum atomic E-state index is 11.2. The highest BCUT2D eigenvalue weighted by atomic mass is 16.5. The summed E-state index contributed by atoms with van der Waals surface area (Å²) in [5.41, 5.74) is 7.97. The topological polar surface area (TPSA) is 73.6 Å². The fourth-order valence-corrected chi connectivity index (χ4v) is 2.50. The first-order valence-corrected chi connectivity index (χ1v) is 7.70. The van der Waals surface area contributed by atoms with Crippen molar-refractivity contribution in [3.05, 3.63) is 59.2 Å². The van der Waals surface area contributed by atoms with Crippen molar-refractivity contribution in [3.63, 3.8) is 0 Å². The summed E-state index contributed by atoms with van der Waals surface area (Å²) in [4.78, 5) is 11.2. The lowest BCUT2D eigenvalue weighted by Gasteiger charge is -2.10. The van der Waals surface area contributed by atoms with Crippen LogP contribution < -0.4 is 20.5 Å². The Kier molecular flexibility index (Phi) is 4.78. The van der Waals surface area contributed by atoms with Gasteiger partial charge in [0.25, 0.3) is 0 Å². The van der Waals surface area contributed by atoms with Crippen molar-refractivity contribution in [2.75, 3.05) is 13.2 Å². The highest BCUT2D eigenvalue weighted by Gasteiger charge is 2.10. The van der Waals surface area contributed by atoms with E-state index in [4.69, 9.17) is 15.2 Å². The Bertz CT molecular complexity index is 700. The number of nitrogens with two attached hydrogens (primary N) is 1. The maximum Gasteiger partial charge on any atom is 0.248 e. The van der Waals surface area contributed by atoms with E-state index in [0.717, 1.165) is 29.0 Å². The van der Waals surface area contributed by atoms with Gasteiger partial charge in [-0.1, -0.05) is 18.2 Å². The molecule has 0 aromatic heterocycles. The molecule has 0 saturated heterocycles. The largest absolute Gasteiger partial charge is 0.490 e. The Morgan fingerprint density at radius 3 is 2.52 bits per heavy atom. The van der Waals surface area contributed by atoms with Crippen LogP contribution in [0.25, 0.3) is 0 Å². The highest BCUT2D eigenvalue weighted by molar-refractivity contribution is 5.92. The molecule has 5 heteroatoms. The SMILES string of the molecule is NC(=O)c1cccc(CNCc2ccc3c(c2)OCCCO3)c1. The van der Waals surface area contributed by atoms with Crippen LogP contribution >= 0.6 is 0 Å². The number of hydrogen-bond donors (Lipinski definition) is 2. The second-order valence-electron chi connectivity index (χ2n) is 5.50. The monoisotopic (exact) mass is 312 g/mol. The van der Waals surface area contributed by atoms with Gasteiger partial charge in [-0.15, -0.1) is 0 Å². The summed E-state index contributed by atoms with van der Waals surface area (Å²) in [6, 6.07) is 13.3. The van der Waals surface area contributed by atoms with Gasteiger partial charge in [0.1, 0.15) is 0 Å². The predicted octanol–water partition coefficient (Wildman–Crippen LogP) is 2.24. The van der Waals surface area contributed by atoms with Crippen LogP contribution in [0.1, 0.15) is 27.9 Å². The van der Waals surface area contributed by atoms with Crippen LogP contribution in [0, 0.1) is 0 Å². The summed E-state index contributed by atoms with van der Waals surface area (Å²) in [6.45, 7) is 2.75. The van der Waals surface area contributed by atoms with Gasteiger partial charge in [-0.25, -0.2) is 0 Å². The molecule has 0 atom stereocenters. The second-order valence-corrected chi connectivity index (χ2v) is 5.50. The first-order chi connectivity index (χ1) is 11.2. The van der Waals surface area contributed by atoms with Crippen molar-refractivity contribution in [1.29, 1.82) is 0 Å². The number of hydrogen-bond acceptors (Lipinski definition) is 4. The number of carbonyl (C=O) groups is 1. The zero-order valence-corrected chi connectivity index (χ0v) is 12.9. The van der Waals surface area contributed by atoms with Crippen LogP contribution in [0.3, 0.4) is 0 Å². The number of nitrogens with one attached hydrogen (secondary N) is 1. The quantitative estimate of drug-likeness (QED) is 0.888. The van der Waals surface area contributed by atoms with Crippen LogP contribution in [0.2, 0.25) is 0 Å². The molecule has 0 unspecified atom stereocenters. The number of carbonyl (C=O) groups excluding carboxylic acids is 1. The number of rotatable bonds is 5. The van der Waals surface area contributed by atoms with Crippen LogP contribution in [-0.2, 0) is 13.1 Å². The molecule has 5 nitrogen and oxygen atoms in total. The Morgan fingerprint density at radius 2 is 1.74 bits per heavy atom. The average molecular weight is 312 g/mol. The van der Waals surface area contributed by atoms with Gasteiger partial charge in [0, 0.05) is 25.1 Å². The first-order valence-electron chi connectivity index (χ1n) is 7.70. The average Bonchev–Trinajstić information content (AvgIpc) is 2.80. The summed E-state index contributed by atoms with van der Waals surface area (Å²) >= 11 is 0. The molecule has 0 bridgehead atoms. The Labute approximate surface area is 135 Å². The molecule has 23 heavy (non-hydrogen) atoms. The Morgan fingerprint density at radius 1 is 1.00 bits per heavy atom. The molecule has 1 heterocycles. The van der Waals surface area contributed by atoms with Gasteiger partial charge in [-0.2, -0.15) is 0 Å². The zero-order valence-electron chi connectivity index (χ0n) is 12.9. The van der Waals surface area contributed by atoms with Gasteiger partial charge in [0.05, 0.1) is 13.2 Å². The van der Waals surface area contributed by atoms with Gasteiger partial charge < -0.3 is 20.5 Å². The van der Waals surface area contributed by atoms with E-state index in [9.17, 15) is 4.79 Å². The summed E-state index contributed by atoms with van der Waals surface area (Å²) in [5.74, 6) is 1.20. The molecule has 1 aliphatic heterocycles. The van der Waals surface area contributed by atoms with E-state index in [1.165, 1.54) is 0 Å². The molecule has 3 N–H and O–H groups in total. The van der Waals surface area contributed by atoms with Crippen molar-refractivity contribution >= 4 is 5.91 Å². The fourth-order valence-electron chi connectivity index (χ4n) is 2.50. The zero-order chi connectivity index (χ0) is 16.1. The lowest BCUT2D eigenvalue weighted by atomic mass is 10.1. The van der Waals surface area contributed by atoms with E-state index < -0.39 is 5.91 Å². The number of ether oxygens (including phenoxy) is 2. The van der Waals surface area contributed by atoms with E-state index in [1.54, 1.807) is 6.07 Å². The third kappa shape index (κ3) is 4.02. The van der Waals surface area contributed by atoms with Crippen LogP contribution in [0.4, 0.5) is 0 Å². The maximum absolute atomic E-state index is 11.2. The molecule has 1 aliphatic rings. The van der Waals surface area contributed by atoms with E-state index in [1.807, 2.05) is 36.4 Å². The summed E-state index contributed by atoms with van der Waals surface area (Å²) in [5, 5.41) is 3.36. The molecule has 0 aliphatic carbocycles. The highest BCUT2D eigenvalue weighted by Crippen LogP contribution is 2.30. The van der Waals surface area contributed by atoms with Gasteiger partial charge in [-0.05, 0) is 35.4 Å². The summed E-state index contributed by atoms with van der Waals surface area (Å²) in [7, 11) is 0. The summed E-state index contributed by atoms with van der Waals surface area (Å²) < 4.78 is 11.3. The molecule has 3 rings (SSSR count). The fraction of sp³-hybridized carbons (Fsp3) is 0.278. The van der Waals surface area contributed by atoms with E-state index in [0.29, 0.717) is 31.9 Å². The number of fused-ring (bicyclic) bond motifs is 1. The molecule has 0 radical (unpaired) electrons. The molecule has 2 aromatic carbocycles. The molecule has 0 fully saturated rings. The Balaban J connectivity index is 1.59. The van der Waals surface area contributed by atoms with E-state index in [-0.39, 0.29) is 0 Å². The Hall–Kier alpha value is -2.53. The van der Waals surface area contributed by atoms with Crippen LogP contribution in [-0.4, -0.2) is 19.1 Å². The van der Waals surface area contributed by atoms with Crippen molar-refractivity contribution in [3.8, 4) is 11.5 Å². The van der Waals surface area contributed by atoms with Gasteiger partial charge in [0.2, 0.25) is 5.91 Å². The minimum absolute atomic E-state index is 0.408. The lowest BCUT2D eigenvalue weighted by molar-refractivity contribution is 0.1000. The normalized spacial score (nSPS) is 13.4. The second kappa shape index (κ2) is 7.15. The molecular formula is C18H20N2O3.